The second-order valence-electron chi connectivity index (χ2n) is 4.84. The van der Waals surface area contributed by atoms with Crippen LogP contribution >= 0.6 is 0 Å². The molecule has 0 atom stereocenters. The van der Waals surface area contributed by atoms with E-state index in [0.29, 0.717) is 0 Å². The molecule has 3 rings (SSSR count). The number of pyridine rings is 1. The van der Waals surface area contributed by atoms with Gasteiger partial charge in [-0.3, -0.25) is 4.79 Å². The Bertz CT molecular complexity index is 585. The zero-order chi connectivity index (χ0) is 13.2. The summed E-state index contributed by atoms with van der Waals surface area (Å²) in [7, 11) is 1.70. The van der Waals surface area contributed by atoms with Crippen molar-refractivity contribution in [3.05, 3.63) is 24.6 Å². The SMILES string of the molecule is CNC(=O)C1CCN(c2nccc3occc23)CC1. The molecule has 5 heteroatoms. The zero-order valence-corrected chi connectivity index (χ0v) is 10.9. The number of piperidine rings is 1. The number of hydrogen-bond acceptors (Lipinski definition) is 4. The molecule has 3 heterocycles. The van der Waals surface area contributed by atoms with E-state index in [-0.39, 0.29) is 11.8 Å². The maximum atomic E-state index is 11.6. The lowest BCUT2D eigenvalue weighted by molar-refractivity contribution is -0.125. The van der Waals surface area contributed by atoms with Crippen molar-refractivity contribution in [3.63, 3.8) is 0 Å². The van der Waals surface area contributed by atoms with Crippen molar-refractivity contribution >= 4 is 22.7 Å². The normalized spacial score (nSPS) is 16.8. The average molecular weight is 259 g/mol. The van der Waals surface area contributed by atoms with Gasteiger partial charge in [0, 0.05) is 32.3 Å². The van der Waals surface area contributed by atoms with Crippen LogP contribution in [-0.2, 0) is 4.79 Å². The first-order chi connectivity index (χ1) is 9.29. The van der Waals surface area contributed by atoms with Crippen LogP contribution in [0.1, 0.15) is 12.8 Å². The molecule has 0 saturated carbocycles. The summed E-state index contributed by atoms with van der Waals surface area (Å²) in [5.41, 5.74) is 0.860. The molecule has 0 aliphatic carbocycles. The van der Waals surface area contributed by atoms with Crippen LogP contribution in [0.3, 0.4) is 0 Å². The molecule has 5 nitrogen and oxygen atoms in total. The highest BCUT2D eigenvalue weighted by molar-refractivity contribution is 5.88. The fourth-order valence-electron chi connectivity index (χ4n) is 2.69. The molecule has 0 spiro atoms. The van der Waals surface area contributed by atoms with Crippen LogP contribution < -0.4 is 10.2 Å². The van der Waals surface area contributed by atoms with Crippen LogP contribution in [0.2, 0.25) is 0 Å². The van der Waals surface area contributed by atoms with Crippen molar-refractivity contribution in [1.82, 2.24) is 10.3 Å². The van der Waals surface area contributed by atoms with Crippen LogP contribution in [0.4, 0.5) is 5.82 Å². The fourth-order valence-corrected chi connectivity index (χ4v) is 2.69. The van der Waals surface area contributed by atoms with Crippen molar-refractivity contribution in [1.29, 1.82) is 0 Å². The van der Waals surface area contributed by atoms with Crippen molar-refractivity contribution in [3.8, 4) is 0 Å². The number of nitrogens with zero attached hydrogens (tertiary/aromatic N) is 2. The monoisotopic (exact) mass is 259 g/mol. The summed E-state index contributed by atoms with van der Waals surface area (Å²) in [6, 6.07) is 3.82. The number of aromatic nitrogens is 1. The minimum Gasteiger partial charge on any atom is -0.464 e. The Labute approximate surface area is 111 Å². The Hall–Kier alpha value is -2.04. The number of nitrogens with one attached hydrogen (secondary N) is 1. The van der Waals surface area contributed by atoms with Gasteiger partial charge in [-0.25, -0.2) is 4.98 Å². The summed E-state index contributed by atoms with van der Waals surface area (Å²) in [5, 5.41) is 3.77. The largest absolute Gasteiger partial charge is 0.464 e. The standard InChI is InChI=1S/C14H17N3O2/c1-15-14(18)10-3-7-17(8-4-10)13-11-5-9-19-12(11)2-6-16-13/h2,5-6,9-10H,3-4,7-8H2,1H3,(H,15,18). The van der Waals surface area contributed by atoms with Crippen LogP contribution in [0, 0.1) is 5.92 Å². The summed E-state index contributed by atoms with van der Waals surface area (Å²) >= 11 is 0. The van der Waals surface area contributed by atoms with Gasteiger partial charge in [0.2, 0.25) is 5.91 Å². The van der Waals surface area contributed by atoms with E-state index < -0.39 is 0 Å². The lowest BCUT2D eigenvalue weighted by Crippen LogP contribution is -2.39. The van der Waals surface area contributed by atoms with Gasteiger partial charge in [0.15, 0.2) is 0 Å². The highest BCUT2D eigenvalue weighted by atomic mass is 16.3. The second-order valence-corrected chi connectivity index (χ2v) is 4.84. The Morgan fingerprint density at radius 3 is 2.95 bits per heavy atom. The molecule has 2 aromatic rings. The third-order valence-electron chi connectivity index (χ3n) is 3.77. The van der Waals surface area contributed by atoms with Crippen LogP contribution in [-0.4, -0.2) is 31.0 Å². The lowest BCUT2D eigenvalue weighted by Gasteiger charge is -2.32. The highest BCUT2D eigenvalue weighted by Gasteiger charge is 2.25. The van der Waals surface area contributed by atoms with Crippen molar-refractivity contribution < 1.29 is 9.21 Å². The molecule has 1 fully saturated rings. The second kappa shape index (κ2) is 4.91. The summed E-state index contributed by atoms with van der Waals surface area (Å²) in [4.78, 5) is 18.3. The molecule has 1 amide bonds. The third-order valence-corrected chi connectivity index (χ3v) is 3.77. The third kappa shape index (κ3) is 2.16. The van der Waals surface area contributed by atoms with Crippen molar-refractivity contribution in [2.75, 3.05) is 25.0 Å². The minimum absolute atomic E-state index is 0.129. The number of furan rings is 1. The van der Waals surface area contributed by atoms with E-state index in [1.54, 1.807) is 19.5 Å². The Kier molecular flexibility index (Phi) is 3.11. The average Bonchev–Trinajstić information content (AvgIpc) is 2.95. The van der Waals surface area contributed by atoms with Gasteiger partial charge in [-0.05, 0) is 25.0 Å². The van der Waals surface area contributed by atoms with Gasteiger partial charge in [-0.15, -0.1) is 0 Å². The predicted octanol–water partition coefficient (Wildman–Crippen LogP) is 1.79. The van der Waals surface area contributed by atoms with E-state index in [4.69, 9.17) is 4.42 Å². The Morgan fingerprint density at radius 1 is 1.42 bits per heavy atom. The van der Waals surface area contributed by atoms with E-state index in [2.05, 4.69) is 15.2 Å². The smallest absolute Gasteiger partial charge is 0.222 e. The van der Waals surface area contributed by atoms with E-state index in [9.17, 15) is 4.79 Å². The number of fused-ring (bicyclic) bond motifs is 1. The Morgan fingerprint density at radius 2 is 2.21 bits per heavy atom. The maximum Gasteiger partial charge on any atom is 0.222 e. The number of hydrogen-bond donors (Lipinski definition) is 1. The van der Waals surface area contributed by atoms with E-state index >= 15 is 0 Å². The lowest BCUT2D eigenvalue weighted by atomic mass is 9.96. The Balaban J connectivity index is 1.78. The molecule has 19 heavy (non-hydrogen) atoms. The minimum atomic E-state index is 0.129. The molecule has 1 aliphatic rings. The van der Waals surface area contributed by atoms with E-state index in [0.717, 1.165) is 42.7 Å². The van der Waals surface area contributed by atoms with Gasteiger partial charge >= 0.3 is 0 Å². The van der Waals surface area contributed by atoms with Gasteiger partial charge in [-0.2, -0.15) is 0 Å². The zero-order valence-electron chi connectivity index (χ0n) is 10.9. The van der Waals surface area contributed by atoms with Crippen molar-refractivity contribution in [2.45, 2.75) is 12.8 Å². The van der Waals surface area contributed by atoms with Crippen molar-refractivity contribution in [2.24, 2.45) is 5.92 Å². The van der Waals surface area contributed by atoms with Crippen LogP contribution in [0.25, 0.3) is 11.0 Å². The van der Waals surface area contributed by atoms with E-state index in [1.165, 1.54) is 0 Å². The van der Waals surface area contributed by atoms with Gasteiger partial charge in [0.25, 0.3) is 0 Å². The summed E-state index contributed by atoms with van der Waals surface area (Å²) in [6.45, 7) is 1.71. The first-order valence-corrected chi connectivity index (χ1v) is 6.58. The first-order valence-electron chi connectivity index (χ1n) is 6.58. The molecule has 1 aliphatic heterocycles. The summed E-state index contributed by atoms with van der Waals surface area (Å²) in [6.07, 6.45) is 5.20. The molecule has 0 unspecified atom stereocenters. The molecule has 0 radical (unpaired) electrons. The van der Waals surface area contributed by atoms with E-state index in [1.807, 2.05) is 12.1 Å². The number of rotatable bonds is 2. The molecular formula is C14H17N3O2. The number of carbonyl (C=O) groups excluding carboxylic acids is 1. The van der Waals surface area contributed by atoms with Crippen LogP contribution in [0.5, 0.6) is 0 Å². The molecule has 2 aromatic heterocycles. The van der Waals surface area contributed by atoms with Gasteiger partial charge in [0.05, 0.1) is 11.6 Å². The quantitative estimate of drug-likeness (QED) is 0.893. The topological polar surface area (TPSA) is 58.4 Å². The fraction of sp³-hybridized carbons (Fsp3) is 0.429. The highest BCUT2D eigenvalue weighted by Crippen LogP contribution is 2.28. The van der Waals surface area contributed by atoms with Gasteiger partial charge < -0.3 is 14.6 Å². The van der Waals surface area contributed by atoms with Crippen LogP contribution in [0.15, 0.2) is 29.0 Å². The predicted molar refractivity (Wildman–Crippen MR) is 73.0 cm³/mol. The molecule has 1 saturated heterocycles. The maximum absolute atomic E-state index is 11.6. The van der Waals surface area contributed by atoms with Gasteiger partial charge in [0.1, 0.15) is 11.4 Å². The summed E-state index contributed by atoms with van der Waals surface area (Å²) in [5.74, 6) is 1.24. The molecule has 0 aromatic carbocycles. The number of amides is 1. The number of carbonyl (C=O) groups is 1. The summed E-state index contributed by atoms with van der Waals surface area (Å²) < 4.78 is 5.40. The number of anilines is 1. The molecule has 100 valence electrons. The molecule has 1 N–H and O–H groups in total. The molecule has 0 bridgehead atoms. The molecular weight excluding hydrogens is 242 g/mol. The first kappa shape index (κ1) is 12.0. The van der Waals surface area contributed by atoms with Gasteiger partial charge in [-0.1, -0.05) is 0 Å².